The van der Waals surface area contributed by atoms with Crippen molar-refractivity contribution in [3.63, 3.8) is 0 Å². The van der Waals surface area contributed by atoms with Crippen LogP contribution in [0.5, 0.6) is 0 Å². The van der Waals surface area contributed by atoms with Crippen LogP contribution in [0.1, 0.15) is 310 Å². The van der Waals surface area contributed by atoms with Crippen LogP contribution in [0.25, 0.3) is 0 Å². The molecule has 0 saturated carbocycles. The number of ether oxygens (including phenoxy) is 4. The molecule has 0 aromatic heterocycles. The van der Waals surface area contributed by atoms with Crippen molar-refractivity contribution >= 4 is 39.5 Å². The highest BCUT2D eigenvalue weighted by atomic mass is 31.2. The van der Waals surface area contributed by atoms with Crippen molar-refractivity contribution in [2.45, 2.75) is 329 Å². The Morgan fingerprint density at radius 2 is 0.500 bits per heavy atom. The van der Waals surface area contributed by atoms with E-state index in [2.05, 4.69) is 180 Å². The SMILES string of the molecule is CC/C=C\C/C=C\C/C=C\C/C=C\C/C=C\C/C=C\CCC(=O)OCC(COP(=O)(O)OCC(O)COP(=O)(O)OCC(COC(=O)CCCCCCCC/C=C\C/C=C\C/C=C\C/C=C\CC)OC(=O)CCCCCC/C=C\C/C=C\C/C=C\C/C=C\CC)OC(=O)CCCCCCCCCCCCCCC. The van der Waals surface area contributed by atoms with E-state index in [-0.39, 0.29) is 25.7 Å². The Balaban J connectivity index is 5.46. The molecule has 0 aliphatic rings. The highest BCUT2D eigenvalue weighted by Crippen LogP contribution is 2.45. The summed E-state index contributed by atoms with van der Waals surface area (Å²) in [6.07, 6.45) is 94.8. The first kappa shape index (κ1) is 102. The van der Waals surface area contributed by atoms with E-state index in [1.165, 1.54) is 51.4 Å². The number of aliphatic hydroxyl groups excluding tert-OH is 1. The number of phosphoric acid groups is 2. The van der Waals surface area contributed by atoms with Crippen molar-refractivity contribution in [1.29, 1.82) is 0 Å². The smallest absolute Gasteiger partial charge is 0.462 e. The molecular formula is C89H146O17P2. The Morgan fingerprint density at radius 1 is 0.269 bits per heavy atom. The number of hydrogen-bond acceptors (Lipinski definition) is 15. The van der Waals surface area contributed by atoms with E-state index in [4.69, 9.17) is 37.0 Å². The number of hydrogen-bond donors (Lipinski definition) is 3. The molecule has 0 spiro atoms. The Bertz CT molecular complexity index is 2710. The van der Waals surface area contributed by atoms with Crippen molar-refractivity contribution in [2.24, 2.45) is 0 Å². The minimum atomic E-state index is -5.00. The van der Waals surface area contributed by atoms with Crippen molar-refractivity contribution in [3.05, 3.63) is 170 Å². The molecule has 0 fully saturated rings. The van der Waals surface area contributed by atoms with Crippen LogP contribution < -0.4 is 0 Å². The van der Waals surface area contributed by atoms with Crippen LogP contribution in [0.4, 0.5) is 0 Å². The molecule has 17 nitrogen and oxygen atoms in total. The van der Waals surface area contributed by atoms with Gasteiger partial charge in [-0.15, -0.1) is 0 Å². The largest absolute Gasteiger partial charge is 0.472 e. The van der Waals surface area contributed by atoms with E-state index in [0.29, 0.717) is 32.1 Å². The molecule has 3 N–H and O–H groups in total. The average molecular weight is 1550 g/mol. The summed E-state index contributed by atoms with van der Waals surface area (Å²) in [6, 6.07) is 0. The van der Waals surface area contributed by atoms with E-state index >= 15 is 0 Å². The van der Waals surface area contributed by atoms with Crippen LogP contribution in [-0.4, -0.2) is 96.7 Å². The number of rotatable bonds is 76. The molecule has 0 saturated heterocycles. The summed E-state index contributed by atoms with van der Waals surface area (Å²) in [5, 5.41) is 10.7. The quantitative estimate of drug-likeness (QED) is 0.0169. The zero-order valence-corrected chi connectivity index (χ0v) is 69.0. The first-order chi connectivity index (χ1) is 52.7. The molecule has 108 heavy (non-hydrogen) atoms. The summed E-state index contributed by atoms with van der Waals surface area (Å²) in [4.78, 5) is 73.1. The molecule has 0 aromatic rings. The Morgan fingerprint density at radius 3 is 0.796 bits per heavy atom. The van der Waals surface area contributed by atoms with Gasteiger partial charge in [0.1, 0.15) is 19.3 Å². The van der Waals surface area contributed by atoms with E-state index < -0.39 is 97.5 Å². The molecule has 5 atom stereocenters. The van der Waals surface area contributed by atoms with E-state index in [1.807, 2.05) is 18.2 Å². The summed E-state index contributed by atoms with van der Waals surface area (Å²) in [5.41, 5.74) is 0. The number of aliphatic hydroxyl groups is 1. The molecule has 614 valence electrons. The Kier molecular flexibility index (Phi) is 75.4. The average Bonchev–Trinajstić information content (AvgIpc) is 0.916. The molecule has 0 radical (unpaired) electrons. The Labute approximate surface area is 654 Å². The monoisotopic (exact) mass is 1550 g/mol. The molecule has 0 heterocycles. The molecular weight excluding hydrogens is 1400 g/mol. The molecule has 0 bridgehead atoms. The minimum Gasteiger partial charge on any atom is -0.462 e. The lowest BCUT2D eigenvalue weighted by molar-refractivity contribution is -0.161. The van der Waals surface area contributed by atoms with E-state index in [0.717, 1.165) is 173 Å². The number of carbonyl (C=O) groups excluding carboxylic acids is 4. The van der Waals surface area contributed by atoms with Gasteiger partial charge in [-0.05, 0) is 141 Å². The third-order valence-corrected chi connectivity index (χ3v) is 18.6. The van der Waals surface area contributed by atoms with Crippen molar-refractivity contribution in [3.8, 4) is 0 Å². The van der Waals surface area contributed by atoms with Crippen molar-refractivity contribution in [1.82, 2.24) is 0 Å². The van der Waals surface area contributed by atoms with Gasteiger partial charge >= 0.3 is 39.5 Å². The van der Waals surface area contributed by atoms with Gasteiger partial charge in [0.25, 0.3) is 0 Å². The molecule has 0 rings (SSSR count). The maximum atomic E-state index is 13.1. The number of allylic oxidation sites excluding steroid dienone is 28. The fourth-order valence-electron chi connectivity index (χ4n) is 10.5. The van der Waals surface area contributed by atoms with E-state index in [1.54, 1.807) is 0 Å². The molecule has 5 unspecified atom stereocenters. The summed E-state index contributed by atoms with van der Waals surface area (Å²) >= 11 is 0. The van der Waals surface area contributed by atoms with Crippen molar-refractivity contribution in [2.75, 3.05) is 39.6 Å². The standard InChI is InChI=1S/C89H146O17P2/c1-5-9-13-17-21-25-29-33-36-39-41-44-46-50-53-57-61-65-69-73-86(91)99-79-84(105-88(93)75-71-67-63-59-55-49-32-28-24-20-16-12-8-4)81-103-107(95,96)101-77-83(90)78-102-108(97,98)104-82-85(106-89(94)76-72-68-64-60-56-52-48-43-38-35-31-27-23-19-15-11-7-3)80-100-87(92)74-70-66-62-58-54-51-47-45-42-40-37-34-30-26-22-18-14-10-6-2/h9-11,13-15,21-23,25-27,33-38,41-42,44-45,48,50,52-53,61,65,83-85,90H,5-8,12,16-20,24,28-32,39-40,43,46-47,49,51,54-60,62-64,66-82H2,1-4H3,(H,95,96)(H,97,98)/b13-9-,14-10-,15-11-,25-21-,26-22-,27-23-,36-33-,37-34-,38-35-,44-41-,45-42-,52-48-,53-50-,65-61-. The predicted molar refractivity (Wildman–Crippen MR) is 445 cm³/mol. The van der Waals surface area contributed by atoms with Crippen LogP contribution >= 0.6 is 15.6 Å². The van der Waals surface area contributed by atoms with Crippen molar-refractivity contribution < 1.29 is 80.2 Å². The maximum absolute atomic E-state index is 13.1. The van der Waals surface area contributed by atoms with Gasteiger partial charge in [-0.2, -0.15) is 0 Å². The minimum absolute atomic E-state index is 0.0326. The number of esters is 4. The highest BCUT2D eigenvalue weighted by molar-refractivity contribution is 7.47. The second kappa shape index (κ2) is 79.5. The molecule has 0 amide bonds. The van der Waals surface area contributed by atoms with Crippen LogP contribution in [-0.2, 0) is 65.4 Å². The molecule has 0 aliphatic heterocycles. The Hall–Kier alpha value is -5.58. The van der Waals surface area contributed by atoms with Crippen LogP contribution in [0, 0.1) is 0 Å². The van der Waals surface area contributed by atoms with Gasteiger partial charge in [0.2, 0.25) is 0 Å². The van der Waals surface area contributed by atoms with Gasteiger partial charge in [0, 0.05) is 25.7 Å². The van der Waals surface area contributed by atoms with Gasteiger partial charge < -0.3 is 33.8 Å². The lowest BCUT2D eigenvalue weighted by Crippen LogP contribution is -2.30. The van der Waals surface area contributed by atoms with Crippen LogP contribution in [0.3, 0.4) is 0 Å². The van der Waals surface area contributed by atoms with Crippen LogP contribution in [0.15, 0.2) is 170 Å². The van der Waals surface area contributed by atoms with Gasteiger partial charge in [-0.3, -0.25) is 37.3 Å². The predicted octanol–water partition coefficient (Wildman–Crippen LogP) is 24.6. The normalized spacial score (nSPS) is 14.7. The van der Waals surface area contributed by atoms with Gasteiger partial charge in [-0.25, -0.2) is 9.13 Å². The third-order valence-electron chi connectivity index (χ3n) is 16.7. The zero-order valence-electron chi connectivity index (χ0n) is 67.2. The zero-order chi connectivity index (χ0) is 78.9. The third kappa shape index (κ3) is 78.5. The summed E-state index contributed by atoms with van der Waals surface area (Å²) in [6.45, 7) is 4.41. The summed E-state index contributed by atoms with van der Waals surface area (Å²) in [5.74, 6) is -2.32. The molecule has 0 aromatic carbocycles. The fraction of sp³-hybridized carbons (Fsp3) is 0.640. The number of carbonyl (C=O) groups is 4. The number of phosphoric ester groups is 2. The lowest BCUT2D eigenvalue weighted by atomic mass is 10.0. The lowest BCUT2D eigenvalue weighted by Gasteiger charge is -2.21. The first-order valence-corrected chi connectivity index (χ1v) is 44.4. The second-order valence-corrected chi connectivity index (χ2v) is 29.8. The highest BCUT2D eigenvalue weighted by Gasteiger charge is 2.30. The van der Waals surface area contributed by atoms with Gasteiger partial charge in [0.05, 0.1) is 26.4 Å². The fourth-order valence-corrected chi connectivity index (χ4v) is 12.1. The summed E-state index contributed by atoms with van der Waals surface area (Å²) in [7, 11) is -10.0. The summed E-state index contributed by atoms with van der Waals surface area (Å²) < 4.78 is 68.6. The van der Waals surface area contributed by atoms with Crippen LogP contribution in [0.2, 0.25) is 0 Å². The molecule has 19 heteroatoms. The number of unbranched alkanes of at least 4 members (excludes halogenated alkanes) is 22. The van der Waals surface area contributed by atoms with Gasteiger partial charge in [-0.1, -0.05) is 313 Å². The molecule has 0 aliphatic carbocycles. The topological polar surface area (TPSA) is 237 Å². The van der Waals surface area contributed by atoms with E-state index in [9.17, 15) is 43.2 Å². The maximum Gasteiger partial charge on any atom is 0.472 e. The second-order valence-electron chi connectivity index (χ2n) is 26.9. The van der Waals surface area contributed by atoms with Gasteiger partial charge in [0.15, 0.2) is 12.2 Å². The first-order valence-electron chi connectivity index (χ1n) is 41.4.